The van der Waals surface area contributed by atoms with Crippen LogP contribution in [-0.4, -0.2) is 17.2 Å². The van der Waals surface area contributed by atoms with Crippen LogP contribution in [0.2, 0.25) is 0 Å². The molecule has 0 fully saturated rings. The zero-order valence-corrected chi connectivity index (χ0v) is 10.2. The van der Waals surface area contributed by atoms with Gasteiger partial charge in [-0.3, -0.25) is 4.79 Å². The largest absolute Gasteiger partial charge is 0.461 e. The Balaban J connectivity index is 2.47. The molecule has 3 heteroatoms. The van der Waals surface area contributed by atoms with Crippen LogP contribution in [0, 0.1) is 5.92 Å². The van der Waals surface area contributed by atoms with E-state index in [9.17, 15) is 9.90 Å². The monoisotopic (exact) mass is 234 g/mol. The van der Waals surface area contributed by atoms with Crippen LogP contribution in [0.5, 0.6) is 0 Å². The third-order valence-corrected chi connectivity index (χ3v) is 2.57. The predicted molar refractivity (Wildman–Crippen MR) is 66.2 cm³/mol. The van der Waals surface area contributed by atoms with Crippen LogP contribution in [0.1, 0.15) is 19.4 Å². The first-order valence-electron chi connectivity index (χ1n) is 5.56. The molecule has 1 rings (SSSR count). The van der Waals surface area contributed by atoms with E-state index in [0.717, 1.165) is 5.56 Å². The second kappa shape index (κ2) is 6.21. The summed E-state index contributed by atoms with van der Waals surface area (Å²) in [6.45, 7) is 7.17. The zero-order chi connectivity index (χ0) is 12.8. The van der Waals surface area contributed by atoms with Crippen LogP contribution >= 0.6 is 0 Å². The van der Waals surface area contributed by atoms with Crippen molar-refractivity contribution in [2.45, 2.75) is 26.6 Å². The summed E-state index contributed by atoms with van der Waals surface area (Å²) < 4.78 is 5.12. The summed E-state index contributed by atoms with van der Waals surface area (Å²) in [4.78, 5) is 11.6. The van der Waals surface area contributed by atoms with E-state index in [2.05, 4.69) is 6.58 Å². The van der Waals surface area contributed by atoms with E-state index in [-0.39, 0.29) is 6.61 Å². The lowest BCUT2D eigenvalue weighted by Crippen LogP contribution is -2.27. The van der Waals surface area contributed by atoms with Crippen molar-refractivity contribution in [2.24, 2.45) is 5.92 Å². The molecule has 0 aliphatic rings. The average molecular weight is 234 g/mol. The Morgan fingerprint density at radius 1 is 1.41 bits per heavy atom. The van der Waals surface area contributed by atoms with Gasteiger partial charge in [0.2, 0.25) is 0 Å². The fraction of sp³-hybridized carbons (Fsp3) is 0.357. The SMILES string of the molecule is C=C(C)C(O)C(C)C(=O)OCc1ccccc1. The molecule has 2 atom stereocenters. The average Bonchev–Trinajstić information content (AvgIpc) is 2.35. The van der Waals surface area contributed by atoms with Crippen LogP contribution in [0.15, 0.2) is 42.5 Å². The van der Waals surface area contributed by atoms with Crippen LogP contribution in [0.4, 0.5) is 0 Å². The summed E-state index contributed by atoms with van der Waals surface area (Å²) in [5.41, 5.74) is 1.49. The van der Waals surface area contributed by atoms with Crippen molar-refractivity contribution >= 4 is 5.97 Å². The van der Waals surface area contributed by atoms with Crippen LogP contribution in [0.3, 0.4) is 0 Å². The number of aliphatic hydroxyl groups excluding tert-OH is 1. The molecule has 0 heterocycles. The number of carbonyl (C=O) groups excluding carboxylic acids is 1. The second-order valence-corrected chi connectivity index (χ2v) is 4.17. The molecule has 0 bridgehead atoms. The maximum atomic E-state index is 11.6. The number of ether oxygens (including phenoxy) is 1. The van der Waals surface area contributed by atoms with Crippen LogP contribution < -0.4 is 0 Å². The van der Waals surface area contributed by atoms with Crippen molar-refractivity contribution in [1.82, 2.24) is 0 Å². The fourth-order valence-electron chi connectivity index (χ4n) is 1.42. The van der Waals surface area contributed by atoms with E-state index in [4.69, 9.17) is 4.74 Å². The molecule has 0 saturated heterocycles. The first kappa shape index (κ1) is 13.5. The van der Waals surface area contributed by atoms with Gasteiger partial charge >= 0.3 is 5.97 Å². The summed E-state index contributed by atoms with van der Waals surface area (Å²) in [5, 5.41) is 9.66. The van der Waals surface area contributed by atoms with Crippen molar-refractivity contribution in [2.75, 3.05) is 0 Å². The van der Waals surface area contributed by atoms with Gasteiger partial charge in [-0.05, 0) is 19.4 Å². The van der Waals surface area contributed by atoms with E-state index >= 15 is 0 Å². The Bertz CT molecular complexity index is 384. The molecule has 0 aromatic heterocycles. The van der Waals surface area contributed by atoms with Gasteiger partial charge in [0.1, 0.15) is 6.61 Å². The van der Waals surface area contributed by atoms with Gasteiger partial charge in [-0.25, -0.2) is 0 Å². The van der Waals surface area contributed by atoms with Gasteiger partial charge in [0.05, 0.1) is 12.0 Å². The lowest BCUT2D eigenvalue weighted by atomic mass is 10.00. The molecule has 1 N–H and O–H groups in total. The molecule has 0 aliphatic heterocycles. The van der Waals surface area contributed by atoms with Gasteiger partial charge in [-0.2, -0.15) is 0 Å². The highest BCUT2D eigenvalue weighted by Gasteiger charge is 2.23. The molecule has 1 aromatic carbocycles. The number of benzene rings is 1. The van der Waals surface area contributed by atoms with E-state index in [0.29, 0.717) is 5.57 Å². The van der Waals surface area contributed by atoms with Gasteiger partial charge < -0.3 is 9.84 Å². The normalized spacial score (nSPS) is 13.8. The van der Waals surface area contributed by atoms with Crippen molar-refractivity contribution in [3.8, 4) is 0 Å². The summed E-state index contributed by atoms with van der Waals surface area (Å²) in [6, 6.07) is 9.43. The number of aliphatic hydroxyl groups is 1. The number of hydrogen-bond donors (Lipinski definition) is 1. The Labute approximate surface area is 102 Å². The van der Waals surface area contributed by atoms with Gasteiger partial charge in [0, 0.05) is 0 Å². The van der Waals surface area contributed by atoms with Gasteiger partial charge in [0.25, 0.3) is 0 Å². The number of hydrogen-bond acceptors (Lipinski definition) is 3. The standard InChI is InChI=1S/C14H18O3/c1-10(2)13(15)11(3)14(16)17-9-12-7-5-4-6-8-12/h4-8,11,13,15H,1,9H2,2-3H3. The number of esters is 1. The molecule has 0 spiro atoms. The highest BCUT2D eigenvalue weighted by atomic mass is 16.5. The molecule has 3 nitrogen and oxygen atoms in total. The smallest absolute Gasteiger partial charge is 0.311 e. The fourth-order valence-corrected chi connectivity index (χ4v) is 1.42. The predicted octanol–water partition coefficient (Wildman–Crippen LogP) is 2.30. The molecule has 0 amide bonds. The molecule has 0 aliphatic carbocycles. The molecular weight excluding hydrogens is 216 g/mol. The van der Waals surface area contributed by atoms with Crippen molar-refractivity contribution in [3.05, 3.63) is 48.0 Å². The maximum Gasteiger partial charge on any atom is 0.311 e. The summed E-state index contributed by atoms with van der Waals surface area (Å²) in [6.07, 6.45) is -0.849. The lowest BCUT2D eigenvalue weighted by Gasteiger charge is -2.17. The minimum Gasteiger partial charge on any atom is -0.461 e. The zero-order valence-electron chi connectivity index (χ0n) is 10.2. The minimum atomic E-state index is -0.849. The maximum absolute atomic E-state index is 11.6. The summed E-state index contributed by atoms with van der Waals surface area (Å²) in [7, 11) is 0. The highest BCUT2D eigenvalue weighted by molar-refractivity contribution is 5.73. The molecule has 1 aromatic rings. The van der Waals surface area contributed by atoms with E-state index in [1.165, 1.54) is 0 Å². The molecule has 92 valence electrons. The van der Waals surface area contributed by atoms with E-state index < -0.39 is 18.0 Å². The third-order valence-electron chi connectivity index (χ3n) is 2.57. The second-order valence-electron chi connectivity index (χ2n) is 4.17. The molecule has 0 saturated carbocycles. The van der Waals surface area contributed by atoms with Gasteiger partial charge in [-0.1, -0.05) is 42.5 Å². The van der Waals surface area contributed by atoms with E-state index in [1.807, 2.05) is 30.3 Å². The Hall–Kier alpha value is -1.61. The van der Waals surface area contributed by atoms with Crippen molar-refractivity contribution < 1.29 is 14.6 Å². The van der Waals surface area contributed by atoms with Crippen LogP contribution in [-0.2, 0) is 16.1 Å². The van der Waals surface area contributed by atoms with Crippen LogP contribution in [0.25, 0.3) is 0 Å². The van der Waals surface area contributed by atoms with E-state index in [1.54, 1.807) is 13.8 Å². The Morgan fingerprint density at radius 3 is 2.53 bits per heavy atom. The molecular formula is C14H18O3. The minimum absolute atomic E-state index is 0.229. The summed E-state index contributed by atoms with van der Waals surface area (Å²) in [5.74, 6) is -0.999. The molecule has 0 radical (unpaired) electrons. The first-order chi connectivity index (χ1) is 8.02. The first-order valence-corrected chi connectivity index (χ1v) is 5.56. The quantitative estimate of drug-likeness (QED) is 0.628. The van der Waals surface area contributed by atoms with Crippen molar-refractivity contribution in [1.29, 1.82) is 0 Å². The van der Waals surface area contributed by atoms with Gasteiger partial charge in [-0.15, -0.1) is 0 Å². The topological polar surface area (TPSA) is 46.5 Å². The molecule has 2 unspecified atom stereocenters. The Morgan fingerprint density at radius 2 is 2.00 bits per heavy atom. The third kappa shape index (κ3) is 4.04. The molecule has 17 heavy (non-hydrogen) atoms. The Kier molecular flexibility index (Phi) is 4.91. The number of rotatable bonds is 5. The highest BCUT2D eigenvalue weighted by Crippen LogP contribution is 2.13. The lowest BCUT2D eigenvalue weighted by molar-refractivity contribution is -0.152. The number of carbonyl (C=O) groups is 1. The summed E-state index contributed by atoms with van der Waals surface area (Å²) >= 11 is 0. The van der Waals surface area contributed by atoms with Gasteiger partial charge in [0.15, 0.2) is 0 Å². The van der Waals surface area contributed by atoms with Crippen molar-refractivity contribution in [3.63, 3.8) is 0 Å².